The van der Waals surface area contributed by atoms with Crippen molar-refractivity contribution in [3.8, 4) is 0 Å². The number of hydrogen-bond acceptors (Lipinski definition) is 4. The van der Waals surface area contributed by atoms with Gasteiger partial charge in [0.2, 0.25) is 5.91 Å². The summed E-state index contributed by atoms with van der Waals surface area (Å²) < 4.78 is 4.97. The van der Waals surface area contributed by atoms with Crippen LogP contribution < -0.4 is 0 Å². The smallest absolute Gasteiger partial charge is 0.257 e. The molecule has 0 unspecified atom stereocenters. The van der Waals surface area contributed by atoms with Gasteiger partial charge in [-0.2, -0.15) is 0 Å². The Morgan fingerprint density at radius 3 is 2.52 bits per heavy atom. The van der Waals surface area contributed by atoms with E-state index in [1.807, 2.05) is 17.0 Å². The molecule has 2 amide bonds. The minimum absolute atomic E-state index is 0.0396. The van der Waals surface area contributed by atoms with Crippen molar-refractivity contribution in [3.05, 3.63) is 54.2 Å². The first-order valence-corrected chi connectivity index (χ1v) is 7.72. The third-order valence-corrected chi connectivity index (χ3v) is 4.01. The van der Waals surface area contributed by atoms with Crippen LogP contribution in [0, 0.1) is 0 Å². The molecule has 6 heteroatoms. The quantitative estimate of drug-likeness (QED) is 0.863. The van der Waals surface area contributed by atoms with E-state index < -0.39 is 0 Å². The number of rotatable bonds is 3. The molecule has 0 radical (unpaired) electrons. The van der Waals surface area contributed by atoms with Crippen molar-refractivity contribution < 1.29 is 14.0 Å². The summed E-state index contributed by atoms with van der Waals surface area (Å²) in [4.78, 5) is 32.3. The Bertz CT molecular complexity index is 655. The third kappa shape index (κ3) is 3.77. The van der Waals surface area contributed by atoms with Crippen molar-refractivity contribution in [1.82, 2.24) is 14.8 Å². The molecule has 1 fully saturated rings. The molecule has 120 valence electrons. The van der Waals surface area contributed by atoms with E-state index in [4.69, 9.17) is 4.42 Å². The Morgan fingerprint density at radius 2 is 1.78 bits per heavy atom. The molecule has 1 saturated heterocycles. The van der Waals surface area contributed by atoms with Gasteiger partial charge < -0.3 is 14.2 Å². The largest absolute Gasteiger partial charge is 0.472 e. The van der Waals surface area contributed by atoms with Gasteiger partial charge in [0.25, 0.3) is 5.91 Å². The second kappa shape index (κ2) is 7.09. The second-order valence-corrected chi connectivity index (χ2v) is 5.57. The van der Waals surface area contributed by atoms with Gasteiger partial charge in [-0.25, -0.2) is 0 Å². The molecular weight excluding hydrogens is 294 g/mol. The van der Waals surface area contributed by atoms with Crippen LogP contribution in [0.15, 0.2) is 47.5 Å². The molecule has 0 aliphatic carbocycles. The van der Waals surface area contributed by atoms with Crippen LogP contribution in [0.2, 0.25) is 0 Å². The van der Waals surface area contributed by atoms with Gasteiger partial charge in [-0.1, -0.05) is 0 Å². The average molecular weight is 313 g/mol. The number of hydrogen-bond donors (Lipinski definition) is 0. The van der Waals surface area contributed by atoms with Gasteiger partial charge in [0.05, 0.1) is 18.2 Å². The lowest BCUT2D eigenvalue weighted by Gasteiger charge is -2.22. The van der Waals surface area contributed by atoms with Crippen molar-refractivity contribution >= 4 is 11.8 Å². The summed E-state index contributed by atoms with van der Waals surface area (Å²) in [6.45, 7) is 2.45. The minimum Gasteiger partial charge on any atom is -0.472 e. The zero-order chi connectivity index (χ0) is 16.1. The van der Waals surface area contributed by atoms with Gasteiger partial charge >= 0.3 is 0 Å². The lowest BCUT2D eigenvalue weighted by Crippen LogP contribution is -2.37. The van der Waals surface area contributed by atoms with E-state index in [-0.39, 0.29) is 11.8 Å². The molecule has 3 heterocycles. The summed E-state index contributed by atoms with van der Waals surface area (Å²) in [5, 5.41) is 0. The standard InChI is InChI=1S/C17H19N3O3/c21-16(12-14-2-5-18-6-3-14)19-7-1-8-20(10-9-19)17(22)15-4-11-23-13-15/h2-6,11,13H,1,7-10,12H2. The summed E-state index contributed by atoms with van der Waals surface area (Å²) in [6, 6.07) is 5.37. The molecule has 3 rings (SSSR count). The Labute approximate surface area is 134 Å². The normalized spacial score (nSPS) is 15.3. The van der Waals surface area contributed by atoms with E-state index in [1.54, 1.807) is 23.4 Å². The zero-order valence-corrected chi connectivity index (χ0v) is 12.9. The van der Waals surface area contributed by atoms with Gasteiger partial charge in [-0.3, -0.25) is 14.6 Å². The molecule has 1 aliphatic heterocycles. The van der Waals surface area contributed by atoms with Crippen LogP contribution in [0.3, 0.4) is 0 Å². The van der Waals surface area contributed by atoms with Crippen molar-refractivity contribution in [2.45, 2.75) is 12.8 Å². The monoisotopic (exact) mass is 313 g/mol. The van der Waals surface area contributed by atoms with Crippen molar-refractivity contribution in [2.24, 2.45) is 0 Å². The maximum absolute atomic E-state index is 12.4. The topological polar surface area (TPSA) is 66.7 Å². The summed E-state index contributed by atoms with van der Waals surface area (Å²) in [5.74, 6) is 0.0518. The number of pyridine rings is 1. The minimum atomic E-state index is -0.0396. The fourth-order valence-electron chi connectivity index (χ4n) is 2.73. The van der Waals surface area contributed by atoms with Gasteiger partial charge in [-0.05, 0) is 30.2 Å². The Balaban J connectivity index is 1.58. The fourth-order valence-corrected chi connectivity index (χ4v) is 2.73. The van der Waals surface area contributed by atoms with Crippen molar-refractivity contribution in [2.75, 3.05) is 26.2 Å². The van der Waals surface area contributed by atoms with E-state index in [1.165, 1.54) is 12.5 Å². The van der Waals surface area contributed by atoms with E-state index >= 15 is 0 Å². The lowest BCUT2D eigenvalue weighted by molar-refractivity contribution is -0.130. The van der Waals surface area contributed by atoms with Crippen LogP contribution in [0.25, 0.3) is 0 Å². The van der Waals surface area contributed by atoms with Crippen molar-refractivity contribution in [1.29, 1.82) is 0 Å². The van der Waals surface area contributed by atoms with Crippen LogP contribution in [0.4, 0.5) is 0 Å². The molecule has 0 aromatic carbocycles. The number of aromatic nitrogens is 1. The first kappa shape index (κ1) is 15.3. The van der Waals surface area contributed by atoms with Crippen LogP contribution in [-0.2, 0) is 11.2 Å². The Morgan fingerprint density at radius 1 is 1.04 bits per heavy atom. The molecule has 2 aromatic heterocycles. The molecule has 0 bridgehead atoms. The molecule has 2 aromatic rings. The lowest BCUT2D eigenvalue weighted by atomic mass is 10.2. The number of amides is 2. The van der Waals surface area contributed by atoms with Crippen LogP contribution in [-0.4, -0.2) is 52.8 Å². The molecule has 1 aliphatic rings. The summed E-state index contributed by atoms with van der Waals surface area (Å²) >= 11 is 0. The summed E-state index contributed by atoms with van der Waals surface area (Å²) in [6.07, 6.45) is 7.49. The predicted octanol–water partition coefficient (Wildman–Crippen LogP) is 1.59. The van der Waals surface area contributed by atoms with E-state index in [0.29, 0.717) is 38.2 Å². The van der Waals surface area contributed by atoms with Crippen molar-refractivity contribution in [3.63, 3.8) is 0 Å². The van der Waals surface area contributed by atoms with Crippen LogP contribution in [0.1, 0.15) is 22.3 Å². The molecule has 6 nitrogen and oxygen atoms in total. The van der Waals surface area contributed by atoms with Crippen LogP contribution >= 0.6 is 0 Å². The zero-order valence-electron chi connectivity index (χ0n) is 12.9. The maximum Gasteiger partial charge on any atom is 0.257 e. The van der Waals surface area contributed by atoms with Gasteiger partial charge in [0.15, 0.2) is 0 Å². The molecule has 0 saturated carbocycles. The van der Waals surface area contributed by atoms with Gasteiger partial charge in [0.1, 0.15) is 6.26 Å². The molecular formula is C17H19N3O3. The highest BCUT2D eigenvalue weighted by atomic mass is 16.3. The fraction of sp³-hybridized carbons (Fsp3) is 0.353. The number of furan rings is 1. The highest BCUT2D eigenvalue weighted by molar-refractivity contribution is 5.93. The molecule has 0 atom stereocenters. The van der Waals surface area contributed by atoms with Gasteiger partial charge in [-0.15, -0.1) is 0 Å². The second-order valence-electron chi connectivity index (χ2n) is 5.57. The highest BCUT2D eigenvalue weighted by Crippen LogP contribution is 2.11. The first-order chi connectivity index (χ1) is 11.2. The Kier molecular flexibility index (Phi) is 4.71. The third-order valence-electron chi connectivity index (χ3n) is 4.01. The van der Waals surface area contributed by atoms with E-state index in [0.717, 1.165) is 12.0 Å². The summed E-state index contributed by atoms with van der Waals surface area (Å²) in [7, 11) is 0. The Hall–Kier alpha value is -2.63. The summed E-state index contributed by atoms with van der Waals surface area (Å²) in [5.41, 5.74) is 1.52. The SMILES string of the molecule is O=C(Cc1ccncc1)N1CCCN(C(=O)c2ccoc2)CC1. The number of carbonyl (C=O) groups is 2. The maximum atomic E-state index is 12.4. The van der Waals surface area contributed by atoms with E-state index in [9.17, 15) is 9.59 Å². The van der Waals surface area contributed by atoms with Gasteiger partial charge in [0, 0.05) is 38.6 Å². The molecule has 0 spiro atoms. The highest BCUT2D eigenvalue weighted by Gasteiger charge is 2.23. The predicted molar refractivity (Wildman–Crippen MR) is 83.7 cm³/mol. The number of nitrogens with zero attached hydrogens (tertiary/aromatic N) is 3. The first-order valence-electron chi connectivity index (χ1n) is 7.72. The molecule has 0 N–H and O–H groups in total. The van der Waals surface area contributed by atoms with E-state index in [2.05, 4.69) is 4.98 Å². The number of carbonyl (C=O) groups excluding carboxylic acids is 2. The average Bonchev–Trinajstić information content (AvgIpc) is 2.99. The molecule has 23 heavy (non-hydrogen) atoms. The van der Waals surface area contributed by atoms with Crippen LogP contribution in [0.5, 0.6) is 0 Å².